The van der Waals surface area contributed by atoms with Gasteiger partial charge in [-0.15, -0.1) is 0 Å². The van der Waals surface area contributed by atoms with Crippen LogP contribution in [0.2, 0.25) is 0 Å². The molecule has 0 aliphatic rings. The number of halogens is 2. The van der Waals surface area contributed by atoms with Crippen LogP contribution in [0.4, 0.5) is 8.78 Å². The molecule has 1 aromatic carbocycles. The molecule has 12 heavy (non-hydrogen) atoms. The van der Waals surface area contributed by atoms with Crippen LogP contribution in [-0.4, -0.2) is 0 Å². The van der Waals surface area contributed by atoms with Crippen molar-refractivity contribution in [3.8, 4) is 0 Å². The van der Waals surface area contributed by atoms with Crippen molar-refractivity contribution >= 4 is 5.57 Å². The monoisotopic (exact) mass is 168 g/mol. The van der Waals surface area contributed by atoms with Crippen LogP contribution in [0.15, 0.2) is 36.4 Å². The highest BCUT2D eigenvalue weighted by atomic mass is 19.3. The molecule has 0 heterocycles. The Morgan fingerprint density at radius 2 is 1.75 bits per heavy atom. The zero-order chi connectivity index (χ0) is 8.97. The Morgan fingerprint density at radius 1 is 1.17 bits per heavy atom. The number of hydrogen-bond donors (Lipinski definition) is 0. The maximum absolute atomic E-state index is 12.3. The van der Waals surface area contributed by atoms with Gasteiger partial charge in [-0.25, -0.2) is 0 Å². The van der Waals surface area contributed by atoms with Gasteiger partial charge in [-0.05, 0) is 12.0 Å². The van der Waals surface area contributed by atoms with Gasteiger partial charge in [0.05, 0.1) is 0 Å². The predicted molar refractivity (Wildman–Crippen MR) is 45.9 cm³/mol. The second kappa shape index (κ2) is 4.00. The smallest absolute Gasteiger partial charge is 0.173 e. The topological polar surface area (TPSA) is 0 Å². The van der Waals surface area contributed by atoms with Crippen LogP contribution in [0.25, 0.3) is 5.57 Å². The van der Waals surface area contributed by atoms with E-state index in [0.717, 1.165) is 0 Å². The van der Waals surface area contributed by atoms with Crippen LogP contribution in [0.1, 0.15) is 18.9 Å². The molecule has 0 N–H and O–H groups in total. The zero-order valence-corrected chi connectivity index (χ0v) is 6.85. The van der Waals surface area contributed by atoms with E-state index in [1.54, 1.807) is 31.2 Å². The minimum absolute atomic E-state index is 0.135. The van der Waals surface area contributed by atoms with Crippen molar-refractivity contribution in [3.05, 3.63) is 42.0 Å². The summed E-state index contributed by atoms with van der Waals surface area (Å²) in [6.07, 6.45) is -1.21. The largest absolute Gasteiger partial charge is 0.274 e. The molecule has 0 aliphatic heterocycles. The quantitative estimate of drug-likeness (QED) is 0.631. The fraction of sp³-hybridized carbons (Fsp3) is 0.200. The zero-order valence-electron chi connectivity index (χ0n) is 6.85. The van der Waals surface area contributed by atoms with Gasteiger partial charge < -0.3 is 0 Å². The van der Waals surface area contributed by atoms with E-state index in [9.17, 15) is 8.78 Å². The van der Waals surface area contributed by atoms with E-state index in [-0.39, 0.29) is 5.57 Å². The van der Waals surface area contributed by atoms with Gasteiger partial charge in [0, 0.05) is 5.57 Å². The van der Waals surface area contributed by atoms with Crippen LogP contribution < -0.4 is 0 Å². The van der Waals surface area contributed by atoms with E-state index >= 15 is 0 Å². The summed E-state index contributed by atoms with van der Waals surface area (Å²) in [5.41, 5.74) is 0.746. The normalized spacial score (nSPS) is 9.58. The molecule has 0 amide bonds. The summed E-state index contributed by atoms with van der Waals surface area (Å²) in [6.45, 7) is 1.72. The third kappa shape index (κ3) is 1.91. The lowest BCUT2D eigenvalue weighted by Crippen LogP contribution is -1.82. The van der Waals surface area contributed by atoms with Gasteiger partial charge in [-0.1, -0.05) is 37.3 Å². The SMILES string of the molecule is CCC(=C(F)F)c1ccccc1. The average Bonchev–Trinajstić information content (AvgIpc) is 2.07. The summed E-state index contributed by atoms with van der Waals surface area (Å²) in [5.74, 6) is 0. The fourth-order valence-electron chi connectivity index (χ4n) is 1.09. The maximum Gasteiger partial charge on any atom is 0.274 e. The molecule has 2 heteroatoms. The molecular formula is C10H10F2. The summed E-state index contributed by atoms with van der Waals surface area (Å²) >= 11 is 0. The molecule has 0 unspecified atom stereocenters. The Labute approximate surface area is 70.5 Å². The Kier molecular flexibility index (Phi) is 2.97. The summed E-state index contributed by atoms with van der Waals surface area (Å²) in [5, 5.41) is 0. The van der Waals surface area contributed by atoms with Crippen LogP contribution in [0.3, 0.4) is 0 Å². The summed E-state index contributed by atoms with van der Waals surface area (Å²) in [7, 11) is 0. The average molecular weight is 168 g/mol. The Balaban J connectivity index is 3.05. The Morgan fingerprint density at radius 3 is 2.17 bits per heavy atom. The molecule has 1 aromatic rings. The molecule has 0 fully saturated rings. The molecule has 0 saturated carbocycles. The molecule has 0 atom stereocenters. The molecule has 0 aliphatic carbocycles. The third-order valence-electron chi connectivity index (χ3n) is 1.70. The lowest BCUT2D eigenvalue weighted by molar-refractivity contribution is 0.423. The van der Waals surface area contributed by atoms with Crippen molar-refractivity contribution in [2.45, 2.75) is 13.3 Å². The number of hydrogen-bond acceptors (Lipinski definition) is 0. The first-order chi connectivity index (χ1) is 5.75. The van der Waals surface area contributed by atoms with Gasteiger partial charge in [-0.2, -0.15) is 8.78 Å². The summed E-state index contributed by atoms with van der Waals surface area (Å²) in [6, 6.07) is 8.71. The number of benzene rings is 1. The second-order valence-corrected chi connectivity index (χ2v) is 2.46. The molecule has 1 rings (SSSR count). The summed E-state index contributed by atoms with van der Waals surface area (Å²) in [4.78, 5) is 0. The molecule has 0 saturated heterocycles. The van der Waals surface area contributed by atoms with Gasteiger partial charge in [0.25, 0.3) is 6.08 Å². The molecule has 0 bridgehead atoms. The Hall–Kier alpha value is -1.18. The standard InChI is InChI=1S/C10H10F2/c1-2-9(10(11)12)8-6-4-3-5-7-8/h3-7H,2H2,1H3. The van der Waals surface area contributed by atoms with Gasteiger partial charge in [-0.3, -0.25) is 0 Å². The van der Waals surface area contributed by atoms with Crippen LogP contribution >= 0.6 is 0 Å². The Bertz CT molecular complexity index is 271. The van der Waals surface area contributed by atoms with Crippen LogP contribution in [0.5, 0.6) is 0 Å². The van der Waals surface area contributed by atoms with Gasteiger partial charge in [0.15, 0.2) is 0 Å². The molecule has 64 valence electrons. The van der Waals surface area contributed by atoms with Crippen molar-refractivity contribution in [1.29, 1.82) is 0 Å². The minimum atomic E-state index is -1.58. The lowest BCUT2D eigenvalue weighted by Gasteiger charge is -2.01. The second-order valence-electron chi connectivity index (χ2n) is 2.46. The number of rotatable bonds is 2. The molecule has 0 radical (unpaired) electrons. The van der Waals surface area contributed by atoms with E-state index < -0.39 is 6.08 Å². The van der Waals surface area contributed by atoms with Crippen molar-refractivity contribution in [3.63, 3.8) is 0 Å². The first-order valence-corrected chi connectivity index (χ1v) is 3.85. The highest BCUT2D eigenvalue weighted by Gasteiger charge is 2.05. The van der Waals surface area contributed by atoms with Gasteiger partial charge in [0.2, 0.25) is 0 Å². The van der Waals surface area contributed by atoms with Gasteiger partial charge >= 0.3 is 0 Å². The minimum Gasteiger partial charge on any atom is -0.173 e. The lowest BCUT2D eigenvalue weighted by atomic mass is 10.1. The van der Waals surface area contributed by atoms with E-state index in [0.29, 0.717) is 12.0 Å². The maximum atomic E-state index is 12.3. The highest BCUT2D eigenvalue weighted by molar-refractivity contribution is 5.65. The van der Waals surface area contributed by atoms with Crippen molar-refractivity contribution in [2.75, 3.05) is 0 Å². The van der Waals surface area contributed by atoms with Crippen LogP contribution in [0, 0.1) is 0 Å². The van der Waals surface area contributed by atoms with E-state index in [4.69, 9.17) is 0 Å². The molecule has 0 aromatic heterocycles. The van der Waals surface area contributed by atoms with Crippen LogP contribution in [-0.2, 0) is 0 Å². The predicted octanol–water partition coefficient (Wildman–Crippen LogP) is 3.70. The van der Waals surface area contributed by atoms with Gasteiger partial charge in [0.1, 0.15) is 0 Å². The van der Waals surface area contributed by atoms with E-state index in [1.165, 1.54) is 0 Å². The van der Waals surface area contributed by atoms with Crippen molar-refractivity contribution < 1.29 is 8.78 Å². The van der Waals surface area contributed by atoms with Crippen molar-refractivity contribution in [2.24, 2.45) is 0 Å². The number of allylic oxidation sites excluding steroid dienone is 1. The van der Waals surface area contributed by atoms with E-state index in [2.05, 4.69) is 0 Å². The fourth-order valence-corrected chi connectivity index (χ4v) is 1.09. The van der Waals surface area contributed by atoms with Crippen molar-refractivity contribution in [1.82, 2.24) is 0 Å². The van der Waals surface area contributed by atoms with E-state index in [1.807, 2.05) is 6.07 Å². The molecule has 0 nitrogen and oxygen atoms in total. The highest BCUT2D eigenvalue weighted by Crippen LogP contribution is 2.23. The summed E-state index contributed by atoms with van der Waals surface area (Å²) < 4.78 is 24.5. The third-order valence-corrected chi connectivity index (χ3v) is 1.70. The first-order valence-electron chi connectivity index (χ1n) is 3.85. The first kappa shape index (κ1) is 8.91. The molecular weight excluding hydrogens is 158 g/mol. The molecule has 0 spiro atoms.